The molecule has 0 saturated heterocycles. The third-order valence-electron chi connectivity index (χ3n) is 1.97. The lowest BCUT2D eigenvalue weighted by Gasteiger charge is -2.16. The van der Waals surface area contributed by atoms with Crippen molar-refractivity contribution in [1.82, 2.24) is 5.32 Å². The number of benzene rings is 1. The van der Waals surface area contributed by atoms with Crippen molar-refractivity contribution >= 4 is 15.9 Å². The average molecular weight is 274 g/mol. The lowest BCUT2D eigenvalue weighted by molar-refractivity contribution is 0.247. The minimum Gasteiger partial charge on any atom is -0.394 e. The van der Waals surface area contributed by atoms with Crippen molar-refractivity contribution in [2.45, 2.75) is 6.04 Å². The van der Waals surface area contributed by atoms with Crippen molar-refractivity contribution < 1.29 is 9.50 Å². The standard InChI is InChI=1S/C11H13BrFNO/c1-8(12)6-14-11(7-15)9-3-2-4-10(13)5-9/h2-5,11,14-15H,1,6-7H2. The smallest absolute Gasteiger partial charge is 0.123 e. The molecular formula is C11H13BrFNO. The number of aliphatic hydroxyl groups is 1. The molecule has 4 heteroatoms. The zero-order chi connectivity index (χ0) is 11.3. The molecule has 2 nitrogen and oxygen atoms in total. The Morgan fingerprint density at radius 2 is 2.33 bits per heavy atom. The first-order chi connectivity index (χ1) is 7.13. The number of rotatable bonds is 5. The Bertz CT molecular complexity index is 343. The fourth-order valence-corrected chi connectivity index (χ4v) is 1.41. The van der Waals surface area contributed by atoms with Crippen molar-refractivity contribution in [1.29, 1.82) is 0 Å². The number of hydrogen-bond donors (Lipinski definition) is 2. The van der Waals surface area contributed by atoms with E-state index in [9.17, 15) is 4.39 Å². The molecule has 1 unspecified atom stereocenters. The molecule has 0 aliphatic heterocycles. The van der Waals surface area contributed by atoms with Crippen molar-refractivity contribution in [2.24, 2.45) is 0 Å². The van der Waals surface area contributed by atoms with E-state index < -0.39 is 0 Å². The van der Waals surface area contributed by atoms with Gasteiger partial charge in [-0.2, -0.15) is 0 Å². The van der Waals surface area contributed by atoms with Gasteiger partial charge < -0.3 is 10.4 Å². The first-order valence-corrected chi connectivity index (χ1v) is 5.35. The summed E-state index contributed by atoms with van der Waals surface area (Å²) in [5, 5.41) is 12.2. The Labute approximate surface area is 96.9 Å². The minimum absolute atomic E-state index is 0.0796. The first kappa shape index (κ1) is 12.4. The van der Waals surface area contributed by atoms with Crippen LogP contribution < -0.4 is 5.32 Å². The highest BCUT2D eigenvalue weighted by Crippen LogP contribution is 2.14. The monoisotopic (exact) mass is 273 g/mol. The van der Waals surface area contributed by atoms with E-state index in [2.05, 4.69) is 27.8 Å². The molecule has 0 amide bonds. The highest BCUT2D eigenvalue weighted by Gasteiger charge is 2.09. The maximum Gasteiger partial charge on any atom is 0.123 e. The zero-order valence-corrected chi connectivity index (χ0v) is 9.80. The van der Waals surface area contributed by atoms with E-state index in [1.54, 1.807) is 12.1 Å². The number of halogens is 2. The van der Waals surface area contributed by atoms with Crippen LogP contribution in [0.1, 0.15) is 11.6 Å². The molecule has 1 aromatic rings. The molecule has 0 heterocycles. The van der Waals surface area contributed by atoms with Crippen molar-refractivity contribution in [3.63, 3.8) is 0 Å². The van der Waals surface area contributed by atoms with Gasteiger partial charge in [-0.15, -0.1) is 0 Å². The summed E-state index contributed by atoms with van der Waals surface area (Å²) in [4.78, 5) is 0. The summed E-state index contributed by atoms with van der Waals surface area (Å²) in [5.74, 6) is -0.301. The summed E-state index contributed by atoms with van der Waals surface area (Å²) in [5.41, 5.74) is 0.728. The Morgan fingerprint density at radius 1 is 1.60 bits per heavy atom. The maximum atomic E-state index is 12.9. The SMILES string of the molecule is C=C(Br)CNC(CO)c1cccc(F)c1. The van der Waals surface area contributed by atoms with E-state index in [4.69, 9.17) is 5.11 Å². The minimum atomic E-state index is -0.301. The van der Waals surface area contributed by atoms with Gasteiger partial charge in [-0.3, -0.25) is 0 Å². The van der Waals surface area contributed by atoms with Crippen molar-refractivity contribution in [3.8, 4) is 0 Å². The van der Waals surface area contributed by atoms with Crippen LogP contribution in [0.3, 0.4) is 0 Å². The Balaban J connectivity index is 2.69. The molecule has 82 valence electrons. The van der Waals surface area contributed by atoms with Crippen LogP contribution in [0, 0.1) is 5.82 Å². The molecule has 0 fully saturated rings. The van der Waals surface area contributed by atoms with Gasteiger partial charge in [0.15, 0.2) is 0 Å². The van der Waals surface area contributed by atoms with Crippen LogP contribution in [-0.2, 0) is 0 Å². The second-order valence-corrected chi connectivity index (χ2v) is 4.31. The molecule has 0 saturated carbocycles. The molecule has 0 aliphatic rings. The molecule has 0 aromatic heterocycles. The number of aliphatic hydroxyl groups excluding tert-OH is 1. The van der Waals surface area contributed by atoms with Gasteiger partial charge in [0, 0.05) is 11.0 Å². The fraction of sp³-hybridized carbons (Fsp3) is 0.273. The van der Waals surface area contributed by atoms with Crippen molar-refractivity contribution in [2.75, 3.05) is 13.2 Å². The van der Waals surface area contributed by atoms with Gasteiger partial charge in [0.1, 0.15) is 5.82 Å². The zero-order valence-electron chi connectivity index (χ0n) is 8.21. The van der Waals surface area contributed by atoms with Crippen LogP contribution in [0.5, 0.6) is 0 Å². The Kier molecular flexibility index (Phi) is 4.94. The van der Waals surface area contributed by atoms with E-state index in [1.807, 2.05) is 0 Å². The molecule has 15 heavy (non-hydrogen) atoms. The topological polar surface area (TPSA) is 32.3 Å². The lowest BCUT2D eigenvalue weighted by atomic mass is 10.1. The molecule has 1 rings (SSSR count). The van der Waals surface area contributed by atoms with Crippen molar-refractivity contribution in [3.05, 3.63) is 46.7 Å². The second kappa shape index (κ2) is 6.00. The first-order valence-electron chi connectivity index (χ1n) is 4.56. The lowest BCUT2D eigenvalue weighted by Crippen LogP contribution is -2.25. The van der Waals surface area contributed by atoms with Crippen LogP contribution in [0.2, 0.25) is 0 Å². The normalized spacial score (nSPS) is 12.5. The molecule has 1 aromatic carbocycles. The average Bonchev–Trinajstić information content (AvgIpc) is 2.18. The molecule has 0 bridgehead atoms. The van der Waals surface area contributed by atoms with Gasteiger partial charge in [-0.1, -0.05) is 34.6 Å². The molecule has 0 aliphatic carbocycles. The van der Waals surface area contributed by atoms with E-state index >= 15 is 0 Å². The van der Waals surface area contributed by atoms with Gasteiger partial charge >= 0.3 is 0 Å². The summed E-state index contributed by atoms with van der Waals surface area (Å²) in [7, 11) is 0. The highest BCUT2D eigenvalue weighted by molar-refractivity contribution is 9.11. The van der Waals surface area contributed by atoms with Gasteiger partial charge in [-0.25, -0.2) is 4.39 Å². The largest absolute Gasteiger partial charge is 0.394 e. The predicted octanol–water partition coefficient (Wildman–Crippen LogP) is 2.36. The molecule has 0 radical (unpaired) electrons. The molecule has 1 atom stereocenters. The van der Waals surface area contributed by atoms with Gasteiger partial charge in [0.25, 0.3) is 0 Å². The summed E-state index contributed by atoms with van der Waals surface area (Å²) in [6.07, 6.45) is 0. The number of hydrogen-bond acceptors (Lipinski definition) is 2. The maximum absolute atomic E-state index is 12.9. The summed E-state index contributed by atoms with van der Waals surface area (Å²) >= 11 is 3.21. The van der Waals surface area contributed by atoms with E-state index in [0.29, 0.717) is 6.54 Å². The van der Waals surface area contributed by atoms with Crippen LogP contribution >= 0.6 is 15.9 Å². The van der Waals surface area contributed by atoms with Crippen LogP contribution in [0.4, 0.5) is 4.39 Å². The van der Waals surface area contributed by atoms with Crippen LogP contribution in [-0.4, -0.2) is 18.3 Å². The highest BCUT2D eigenvalue weighted by atomic mass is 79.9. The number of nitrogens with one attached hydrogen (secondary N) is 1. The Morgan fingerprint density at radius 3 is 2.87 bits per heavy atom. The molecule has 2 N–H and O–H groups in total. The van der Waals surface area contributed by atoms with Gasteiger partial charge in [0.2, 0.25) is 0 Å². The quantitative estimate of drug-likeness (QED) is 0.864. The predicted molar refractivity (Wildman–Crippen MR) is 62.3 cm³/mol. The molecular weight excluding hydrogens is 261 g/mol. The second-order valence-electron chi connectivity index (χ2n) is 3.19. The van der Waals surface area contributed by atoms with E-state index in [-0.39, 0.29) is 18.5 Å². The van der Waals surface area contributed by atoms with Gasteiger partial charge in [0.05, 0.1) is 12.6 Å². The van der Waals surface area contributed by atoms with E-state index in [0.717, 1.165) is 10.0 Å². The van der Waals surface area contributed by atoms with Gasteiger partial charge in [-0.05, 0) is 17.7 Å². The third kappa shape index (κ3) is 4.11. The summed E-state index contributed by atoms with van der Waals surface area (Å²) < 4.78 is 13.7. The summed E-state index contributed by atoms with van der Waals surface area (Å²) in [6.45, 7) is 4.12. The third-order valence-corrected chi connectivity index (χ3v) is 2.25. The van der Waals surface area contributed by atoms with E-state index in [1.165, 1.54) is 12.1 Å². The summed E-state index contributed by atoms with van der Waals surface area (Å²) in [6, 6.07) is 5.91. The Hall–Kier alpha value is -0.710. The van der Waals surface area contributed by atoms with Crippen LogP contribution in [0.15, 0.2) is 35.3 Å². The molecule has 0 spiro atoms. The fourth-order valence-electron chi connectivity index (χ4n) is 1.25. The van der Waals surface area contributed by atoms with Crippen LogP contribution in [0.25, 0.3) is 0 Å².